The Morgan fingerprint density at radius 2 is 0.846 bits per heavy atom. The van der Waals surface area contributed by atoms with Crippen molar-refractivity contribution in [1.82, 2.24) is 20.4 Å². The Morgan fingerprint density at radius 3 is 1.23 bits per heavy atom. The summed E-state index contributed by atoms with van der Waals surface area (Å²) in [4.78, 5) is 4.48. The third-order valence-corrected chi connectivity index (χ3v) is 3.85. The summed E-state index contributed by atoms with van der Waals surface area (Å²) < 4.78 is 0. The van der Waals surface area contributed by atoms with Gasteiger partial charge in [0.15, 0.2) is 0 Å². The first-order valence-corrected chi connectivity index (χ1v) is 9.12. The molecule has 8 heteroatoms. The number of hydrogen-bond acceptors (Lipinski definition) is 8. The normalized spacial score (nSPS) is 10.2. The molecule has 0 aliphatic carbocycles. The average molecular weight is 358 g/mol. The lowest BCUT2D eigenvalue weighted by molar-refractivity contribution is 0.208. The molecule has 0 aliphatic rings. The van der Waals surface area contributed by atoms with Crippen LogP contribution < -0.4 is 10.6 Å². The van der Waals surface area contributed by atoms with E-state index in [4.69, 9.17) is 21.0 Å². The summed E-state index contributed by atoms with van der Waals surface area (Å²) in [5.74, 6) is 0. The molecule has 0 unspecified atom stereocenters. The molecule has 0 spiro atoms. The Labute approximate surface area is 157 Å². The lowest BCUT2D eigenvalue weighted by Crippen LogP contribution is -2.42. The molecular formula is C18H30N8. The highest BCUT2D eigenvalue weighted by molar-refractivity contribution is 4.78. The summed E-state index contributed by atoms with van der Waals surface area (Å²) in [7, 11) is 0. The van der Waals surface area contributed by atoms with E-state index in [-0.39, 0.29) is 0 Å². The van der Waals surface area contributed by atoms with E-state index < -0.39 is 0 Å². The Kier molecular flexibility index (Phi) is 17.5. The monoisotopic (exact) mass is 358 g/mol. The van der Waals surface area contributed by atoms with E-state index in [2.05, 4.69) is 44.7 Å². The van der Waals surface area contributed by atoms with E-state index in [1.54, 1.807) is 0 Å². The first-order chi connectivity index (χ1) is 12.8. The topological polar surface area (TPSA) is 126 Å². The largest absolute Gasteiger partial charge is 0.314 e. The SMILES string of the molecule is N#CCCNCCN(CCNCCC#N)CCN(CCC#N)CCC#N. The quantitative estimate of drug-likeness (QED) is 0.358. The number of nitriles is 4. The van der Waals surface area contributed by atoms with Crippen LogP contribution >= 0.6 is 0 Å². The van der Waals surface area contributed by atoms with Crippen molar-refractivity contribution in [3.8, 4) is 24.3 Å². The van der Waals surface area contributed by atoms with Crippen LogP contribution in [0.15, 0.2) is 0 Å². The van der Waals surface area contributed by atoms with Crippen molar-refractivity contribution in [3.63, 3.8) is 0 Å². The second-order valence-corrected chi connectivity index (χ2v) is 5.82. The van der Waals surface area contributed by atoms with Crippen LogP contribution in [0.5, 0.6) is 0 Å². The van der Waals surface area contributed by atoms with Crippen molar-refractivity contribution < 1.29 is 0 Å². The molecule has 0 bridgehead atoms. The van der Waals surface area contributed by atoms with Crippen molar-refractivity contribution in [1.29, 1.82) is 21.0 Å². The minimum atomic E-state index is 0.469. The molecule has 0 saturated heterocycles. The summed E-state index contributed by atoms with van der Waals surface area (Å²) in [6, 6.07) is 8.55. The number of nitrogens with zero attached hydrogens (tertiary/aromatic N) is 6. The van der Waals surface area contributed by atoms with Crippen LogP contribution in [0.2, 0.25) is 0 Å². The highest BCUT2D eigenvalue weighted by atomic mass is 15.2. The Morgan fingerprint density at radius 1 is 0.462 bits per heavy atom. The maximum atomic E-state index is 8.78. The van der Waals surface area contributed by atoms with E-state index in [9.17, 15) is 0 Å². The molecule has 0 heterocycles. The van der Waals surface area contributed by atoms with Gasteiger partial charge in [0, 0.05) is 91.1 Å². The van der Waals surface area contributed by atoms with Gasteiger partial charge < -0.3 is 15.5 Å². The zero-order chi connectivity index (χ0) is 19.3. The standard InChI is InChI=1S/C18H30N8/c19-5-1-9-23-11-15-26(16-12-24-10-2-6-20)18-17-25(13-3-7-21)14-4-8-22/h23-24H,1-4,9-18H2. The molecule has 0 aromatic rings. The molecule has 26 heavy (non-hydrogen) atoms. The van der Waals surface area contributed by atoms with Gasteiger partial charge in [-0.3, -0.25) is 4.90 Å². The fraction of sp³-hybridized carbons (Fsp3) is 0.778. The third kappa shape index (κ3) is 15.3. The van der Waals surface area contributed by atoms with Crippen molar-refractivity contribution in [3.05, 3.63) is 0 Å². The zero-order valence-corrected chi connectivity index (χ0v) is 15.6. The molecule has 0 atom stereocenters. The smallest absolute Gasteiger partial charge is 0.0635 e. The second kappa shape index (κ2) is 19.1. The molecule has 0 saturated carbocycles. The van der Waals surface area contributed by atoms with Gasteiger partial charge >= 0.3 is 0 Å². The molecule has 0 aliphatic heterocycles. The fourth-order valence-corrected chi connectivity index (χ4v) is 2.38. The average Bonchev–Trinajstić information content (AvgIpc) is 2.66. The van der Waals surface area contributed by atoms with Crippen LogP contribution in [-0.2, 0) is 0 Å². The van der Waals surface area contributed by atoms with Gasteiger partial charge in [0.1, 0.15) is 0 Å². The minimum Gasteiger partial charge on any atom is -0.314 e. The Hall–Kier alpha value is -2.20. The molecule has 2 N–H and O–H groups in total. The van der Waals surface area contributed by atoms with Gasteiger partial charge in [0.25, 0.3) is 0 Å². The molecule has 0 radical (unpaired) electrons. The highest BCUT2D eigenvalue weighted by Gasteiger charge is 2.09. The van der Waals surface area contributed by atoms with Crippen molar-refractivity contribution >= 4 is 0 Å². The third-order valence-electron chi connectivity index (χ3n) is 3.85. The molecule has 0 aromatic heterocycles. The number of rotatable bonds is 17. The number of nitrogens with one attached hydrogen (secondary N) is 2. The van der Waals surface area contributed by atoms with E-state index >= 15 is 0 Å². The van der Waals surface area contributed by atoms with Gasteiger partial charge in [0.2, 0.25) is 0 Å². The van der Waals surface area contributed by atoms with Gasteiger partial charge in [-0.05, 0) is 0 Å². The van der Waals surface area contributed by atoms with Crippen molar-refractivity contribution in [2.24, 2.45) is 0 Å². The van der Waals surface area contributed by atoms with Crippen LogP contribution in [0.1, 0.15) is 25.7 Å². The Bertz CT molecular complexity index is 451. The van der Waals surface area contributed by atoms with Crippen LogP contribution in [0.3, 0.4) is 0 Å². The molecule has 8 nitrogen and oxygen atoms in total. The van der Waals surface area contributed by atoms with Gasteiger partial charge in [-0.15, -0.1) is 0 Å². The maximum absolute atomic E-state index is 8.78. The highest BCUT2D eigenvalue weighted by Crippen LogP contribution is 1.96. The molecule has 0 rings (SSSR count). The summed E-state index contributed by atoms with van der Waals surface area (Å²) in [6.45, 7) is 7.82. The predicted molar refractivity (Wildman–Crippen MR) is 99.5 cm³/mol. The van der Waals surface area contributed by atoms with Gasteiger partial charge in [-0.1, -0.05) is 0 Å². The summed E-state index contributed by atoms with van der Waals surface area (Å²) in [6.07, 6.45) is 1.95. The first kappa shape index (κ1) is 23.8. The second-order valence-electron chi connectivity index (χ2n) is 5.82. The maximum Gasteiger partial charge on any atom is 0.0635 e. The van der Waals surface area contributed by atoms with Crippen LogP contribution in [0.25, 0.3) is 0 Å². The molecule has 0 amide bonds. The van der Waals surface area contributed by atoms with Gasteiger partial charge in [-0.25, -0.2) is 0 Å². The summed E-state index contributed by atoms with van der Waals surface area (Å²) in [5, 5.41) is 41.2. The van der Waals surface area contributed by atoms with E-state index in [0.29, 0.717) is 51.9 Å². The van der Waals surface area contributed by atoms with Crippen molar-refractivity contribution in [2.75, 3.05) is 65.4 Å². The van der Waals surface area contributed by atoms with Gasteiger partial charge in [-0.2, -0.15) is 21.0 Å². The van der Waals surface area contributed by atoms with Crippen LogP contribution in [0.4, 0.5) is 0 Å². The van der Waals surface area contributed by atoms with Crippen LogP contribution in [-0.4, -0.2) is 75.2 Å². The molecule has 0 aromatic carbocycles. The lowest BCUT2D eigenvalue weighted by atomic mass is 10.3. The minimum absolute atomic E-state index is 0.469. The first-order valence-electron chi connectivity index (χ1n) is 9.12. The Balaban J connectivity index is 4.30. The molecule has 0 fully saturated rings. The molecule has 142 valence electrons. The van der Waals surface area contributed by atoms with Crippen LogP contribution in [0, 0.1) is 45.3 Å². The predicted octanol–water partition coefficient (Wildman–Crippen LogP) is 0.424. The van der Waals surface area contributed by atoms with E-state index in [1.807, 2.05) is 0 Å². The zero-order valence-electron chi connectivity index (χ0n) is 15.6. The lowest BCUT2D eigenvalue weighted by Gasteiger charge is -2.27. The summed E-state index contributed by atoms with van der Waals surface area (Å²) >= 11 is 0. The molecular weight excluding hydrogens is 328 g/mol. The number of hydrogen-bond donors (Lipinski definition) is 2. The van der Waals surface area contributed by atoms with Crippen molar-refractivity contribution in [2.45, 2.75) is 25.7 Å². The van der Waals surface area contributed by atoms with Gasteiger partial charge in [0.05, 0.1) is 24.3 Å². The fourth-order valence-electron chi connectivity index (χ4n) is 2.38. The van der Waals surface area contributed by atoms with E-state index in [1.165, 1.54) is 0 Å². The summed E-state index contributed by atoms with van der Waals surface area (Å²) in [5.41, 5.74) is 0. The van der Waals surface area contributed by atoms with E-state index in [0.717, 1.165) is 39.3 Å².